The van der Waals surface area contributed by atoms with Crippen LogP contribution < -0.4 is 0 Å². The molecule has 0 saturated heterocycles. The SMILES string of the molecule is C=C(C)/C=C(/C)c1nc(C)cn1C. The highest BCUT2D eigenvalue weighted by Gasteiger charge is 2.03. The first-order valence-electron chi connectivity index (χ1n) is 4.35. The Labute approximate surface area is 79.6 Å². The van der Waals surface area contributed by atoms with E-state index >= 15 is 0 Å². The van der Waals surface area contributed by atoms with Crippen LogP contribution in [-0.4, -0.2) is 9.55 Å². The molecular weight excluding hydrogens is 160 g/mol. The summed E-state index contributed by atoms with van der Waals surface area (Å²) in [6.45, 7) is 9.88. The van der Waals surface area contributed by atoms with Crippen molar-refractivity contribution >= 4 is 5.57 Å². The van der Waals surface area contributed by atoms with E-state index < -0.39 is 0 Å². The molecule has 0 N–H and O–H groups in total. The maximum Gasteiger partial charge on any atom is 0.135 e. The van der Waals surface area contributed by atoms with E-state index in [0.29, 0.717) is 0 Å². The van der Waals surface area contributed by atoms with E-state index in [-0.39, 0.29) is 0 Å². The number of hydrogen-bond donors (Lipinski definition) is 0. The van der Waals surface area contributed by atoms with Crippen molar-refractivity contribution in [2.75, 3.05) is 0 Å². The largest absolute Gasteiger partial charge is 0.334 e. The van der Waals surface area contributed by atoms with Crippen LogP contribution in [0.3, 0.4) is 0 Å². The number of hydrogen-bond acceptors (Lipinski definition) is 1. The van der Waals surface area contributed by atoms with E-state index in [0.717, 1.165) is 22.7 Å². The molecule has 0 aliphatic heterocycles. The summed E-state index contributed by atoms with van der Waals surface area (Å²) in [5, 5.41) is 0. The van der Waals surface area contributed by atoms with E-state index in [4.69, 9.17) is 0 Å². The number of aromatic nitrogens is 2. The highest BCUT2D eigenvalue weighted by atomic mass is 15.0. The predicted octanol–water partition coefficient (Wildman–Crippen LogP) is 2.71. The molecule has 0 saturated carbocycles. The minimum Gasteiger partial charge on any atom is -0.334 e. The molecule has 0 amide bonds. The van der Waals surface area contributed by atoms with Gasteiger partial charge in [0.25, 0.3) is 0 Å². The highest BCUT2D eigenvalue weighted by molar-refractivity contribution is 5.61. The zero-order valence-electron chi connectivity index (χ0n) is 8.76. The first-order valence-corrected chi connectivity index (χ1v) is 4.35. The van der Waals surface area contributed by atoms with Crippen LogP contribution in [0, 0.1) is 6.92 Å². The molecule has 1 aromatic rings. The summed E-state index contributed by atoms with van der Waals surface area (Å²) < 4.78 is 2.03. The van der Waals surface area contributed by atoms with E-state index in [9.17, 15) is 0 Å². The van der Waals surface area contributed by atoms with Gasteiger partial charge in [-0.25, -0.2) is 4.98 Å². The van der Waals surface area contributed by atoms with E-state index in [2.05, 4.69) is 18.5 Å². The van der Waals surface area contributed by atoms with Gasteiger partial charge in [-0.1, -0.05) is 18.2 Å². The minimum absolute atomic E-state index is 1.01. The van der Waals surface area contributed by atoms with Crippen LogP contribution in [0.25, 0.3) is 5.57 Å². The fourth-order valence-electron chi connectivity index (χ4n) is 1.42. The summed E-state index contributed by atoms with van der Waals surface area (Å²) in [6, 6.07) is 0. The summed E-state index contributed by atoms with van der Waals surface area (Å²) in [7, 11) is 2.01. The third-order valence-corrected chi connectivity index (χ3v) is 1.81. The van der Waals surface area contributed by atoms with Crippen LogP contribution in [0.2, 0.25) is 0 Å². The van der Waals surface area contributed by atoms with Crippen LogP contribution in [-0.2, 0) is 7.05 Å². The highest BCUT2D eigenvalue weighted by Crippen LogP contribution is 2.13. The lowest BCUT2D eigenvalue weighted by Crippen LogP contribution is -1.93. The molecule has 1 rings (SSSR count). The zero-order chi connectivity index (χ0) is 10.0. The molecule has 1 aromatic heterocycles. The molecule has 2 nitrogen and oxygen atoms in total. The molecule has 0 unspecified atom stereocenters. The third kappa shape index (κ3) is 2.31. The van der Waals surface area contributed by atoms with Crippen molar-refractivity contribution in [3.05, 3.63) is 35.9 Å². The maximum atomic E-state index is 4.42. The van der Waals surface area contributed by atoms with Gasteiger partial charge in [-0.3, -0.25) is 0 Å². The lowest BCUT2D eigenvalue weighted by atomic mass is 10.2. The van der Waals surface area contributed by atoms with Gasteiger partial charge in [0.1, 0.15) is 5.82 Å². The zero-order valence-corrected chi connectivity index (χ0v) is 8.76. The molecule has 13 heavy (non-hydrogen) atoms. The smallest absolute Gasteiger partial charge is 0.135 e. The van der Waals surface area contributed by atoms with Gasteiger partial charge < -0.3 is 4.57 Å². The molecule has 0 aliphatic carbocycles. The first kappa shape index (κ1) is 9.78. The van der Waals surface area contributed by atoms with Gasteiger partial charge in [-0.05, 0) is 26.3 Å². The van der Waals surface area contributed by atoms with E-state index in [1.165, 1.54) is 0 Å². The van der Waals surface area contributed by atoms with E-state index in [1.807, 2.05) is 37.7 Å². The Morgan fingerprint density at radius 2 is 2.15 bits per heavy atom. The number of rotatable bonds is 2. The van der Waals surface area contributed by atoms with Gasteiger partial charge in [0.2, 0.25) is 0 Å². The average Bonchev–Trinajstić information content (AvgIpc) is 2.28. The van der Waals surface area contributed by atoms with E-state index in [1.54, 1.807) is 0 Å². The molecule has 0 atom stereocenters. The topological polar surface area (TPSA) is 17.8 Å². The molecule has 0 aromatic carbocycles. The fraction of sp³-hybridized carbons (Fsp3) is 0.364. The number of imidazole rings is 1. The molecule has 0 fully saturated rings. The second-order valence-electron chi connectivity index (χ2n) is 3.49. The lowest BCUT2D eigenvalue weighted by molar-refractivity contribution is 0.888. The standard InChI is InChI=1S/C11H16N2/c1-8(2)6-9(3)11-12-10(4)7-13(11)5/h6-7H,1H2,2-5H3/b9-6-. The van der Waals surface area contributed by atoms with Crippen molar-refractivity contribution < 1.29 is 0 Å². The summed E-state index contributed by atoms with van der Waals surface area (Å²) in [4.78, 5) is 4.42. The third-order valence-electron chi connectivity index (χ3n) is 1.81. The normalized spacial score (nSPS) is 11.8. The summed E-state index contributed by atoms with van der Waals surface area (Å²) in [5.74, 6) is 1.01. The Kier molecular flexibility index (Phi) is 2.71. The van der Waals surface area contributed by atoms with Gasteiger partial charge in [0.05, 0.1) is 5.69 Å². The molecule has 0 radical (unpaired) electrons. The Balaban J connectivity index is 3.08. The minimum atomic E-state index is 1.01. The van der Waals surface area contributed by atoms with Crippen molar-refractivity contribution in [3.8, 4) is 0 Å². The van der Waals surface area contributed by atoms with Crippen molar-refractivity contribution in [2.24, 2.45) is 7.05 Å². The van der Waals surface area contributed by atoms with Crippen molar-refractivity contribution in [1.82, 2.24) is 9.55 Å². The fourth-order valence-corrected chi connectivity index (χ4v) is 1.42. The predicted molar refractivity (Wildman–Crippen MR) is 56.4 cm³/mol. The van der Waals surface area contributed by atoms with Gasteiger partial charge >= 0.3 is 0 Å². The average molecular weight is 176 g/mol. The second kappa shape index (κ2) is 3.60. The van der Waals surface area contributed by atoms with Gasteiger partial charge in [0.15, 0.2) is 0 Å². The van der Waals surface area contributed by atoms with Crippen LogP contribution in [0.4, 0.5) is 0 Å². The van der Waals surface area contributed by atoms with Gasteiger partial charge in [-0.15, -0.1) is 0 Å². The molecular formula is C11H16N2. The Bertz CT molecular complexity index is 356. The maximum absolute atomic E-state index is 4.42. The van der Waals surface area contributed by atoms with Gasteiger partial charge in [0, 0.05) is 13.2 Å². The van der Waals surface area contributed by atoms with Crippen molar-refractivity contribution in [2.45, 2.75) is 20.8 Å². The molecule has 0 spiro atoms. The van der Waals surface area contributed by atoms with Crippen molar-refractivity contribution in [1.29, 1.82) is 0 Å². The molecule has 0 aliphatic rings. The summed E-state index contributed by atoms with van der Waals surface area (Å²) in [5.41, 5.74) is 3.26. The monoisotopic (exact) mass is 176 g/mol. The summed E-state index contributed by atoms with van der Waals surface area (Å²) in [6.07, 6.45) is 4.06. The second-order valence-corrected chi connectivity index (χ2v) is 3.49. The lowest BCUT2D eigenvalue weighted by Gasteiger charge is -2.00. The number of allylic oxidation sites excluding steroid dienone is 3. The van der Waals surface area contributed by atoms with Crippen LogP contribution >= 0.6 is 0 Å². The molecule has 0 bridgehead atoms. The Morgan fingerprint density at radius 1 is 1.54 bits per heavy atom. The number of aryl methyl sites for hydroxylation is 2. The van der Waals surface area contributed by atoms with Crippen LogP contribution in [0.15, 0.2) is 24.4 Å². The van der Waals surface area contributed by atoms with Crippen LogP contribution in [0.1, 0.15) is 25.4 Å². The molecule has 2 heteroatoms. The Morgan fingerprint density at radius 3 is 2.54 bits per heavy atom. The van der Waals surface area contributed by atoms with Gasteiger partial charge in [-0.2, -0.15) is 0 Å². The molecule has 70 valence electrons. The Hall–Kier alpha value is -1.31. The van der Waals surface area contributed by atoms with Crippen molar-refractivity contribution in [3.63, 3.8) is 0 Å². The van der Waals surface area contributed by atoms with Crippen LogP contribution in [0.5, 0.6) is 0 Å². The first-order chi connectivity index (χ1) is 6.00. The number of nitrogens with zero attached hydrogens (tertiary/aromatic N) is 2. The quantitative estimate of drug-likeness (QED) is 0.633. The molecule has 1 heterocycles. The summed E-state index contributed by atoms with van der Waals surface area (Å²) >= 11 is 0.